The Bertz CT molecular complexity index is 800. The van der Waals surface area contributed by atoms with E-state index in [0.29, 0.717) is 17.8 Å². The average molecular weight is 386 g/mol. The molecule has 150 valence electrons. The summed E-state index contributed by atoms with van der Waals surface area (Å²) in [6.07, 6.45) is 3.49. The van der Waals surface area contributed by atoms with Crippen LogP contribution in [0.1, 0.15) is 31.4 Å². The largest absolute Gasteiger partial charge is 0.506 e. The SMILES string of the molecule is COc1cccc(OC2C[C@@H]3CN(CC(C)c4ccc(O)cn4)C[C@@H]3C2)c1F. The van der Waals surface area contributed by atoms with Crippen molar-refractivity contribution < 1.29 is 19.0 Å². The number of methoxy groups -OCH3 is 1. The molecule has 2 heterocycles. The molecule has 0 radical (unpaired) electrons. The highest BCUT2D eigenvalue weighted by Crippen LogP contribution is 2.41. The van der Waals surface area contributed by atoms with E-state index in [0.717, 1.165) is 38.2 Å². The second-order valence-electron chi connectivity index (χ2n) is 8.06. The number of likely N-dealkylation sites (tertiary alicyclic amines) is 1. The Labute approximate surface area is 165 Å². The van der Waals surface area contributed by atoms with Gasteiger partial charge in [-0.1, -0.05) is 13.0 Å². The lowest BCUT2D eigenvalue weighted by Gasteiger charge is -2.23. The third kappa shape index (κ3) is 3.92. The van der Waals surface area contributed by atoms with Gasteiger partial charge in [-0.2, -0.15) is 4.39 Å². The lowest BCUT2D eigenvalue weighted by Crippen LogP contribution is -2.28. The third-order valence-corrected chi connectivity index (χ3v) is 6.03. The summed E-state index contributed by atoms with van der Waals surface area (Å²) < 4.78 is 25.3. The van der Waals surface area contributed by atoms with Crippen LogP contribution in [0.2, 0.25) is 0 Å². The maximum absolute atomic E-state index is 14.3. The Hall–Kier alpha value is -2.34. The van der Waals surface area contributed by atoms with Gasteiger partial charge in [-0.05, 0) is 48.9 Å². The quantitative estimate of drug-likeness (QED) is 0.818. The van der Waals surface area contributed by atoms with Gasteiger partial charge in [0.2, 0.25) is 5.82 Å². The van der Waals surface area contributed by atoms with Crippen LogP contribution in [-0.4, -0.2) is 47.8 Å². The number of halogens is 1. The fourth-order valence-electron chi connectivity index (χ4n) is 4.68. The zero-order valence-electron chi connectivity index (χ0n) is 16.3. The second-order valence-corrected chi connectivity index (χ2v) is 8.06. The van der Waals surface area contributed by atoms with Crippen molar-refractivity contribution >= 4 is 0 Å². The maximum Gasteiger partial charge on any atom is 0.206 e. The molecule has 2 aromatic rings. The minimum atomic E-state index is -0.418. The van der Waals surface area contributed by atoms with Crippen molar-refractivity contribution in [1.29, 1.82) is 0 Å². The van der Waals surface area contributed by atoms with E-state index in [1.807, 2.05) is 6.07 Å². The van der Waals surface area contributed by atoms with Crippen LogP contribution in [0.15, 0.2) is 36.5 Å². The number of fused-ring (bicyclic) bond motifs is 1. The van der Waals surface area contributed by atoms with Crippen LogP contribution in [0.25, 0.3) is 0 Å². The number of nitrogens with zero attached hydrogens (tertiary/aromatic N) is 2. The van der Waals surface area contributed by atoms with Crippen molar-refractivity contribution in [2.75, 3.05) is 26.7 Å². The maximum atomic E-state index is 14.3. The summed E-state index contributed by atoms with van der Waals surface area (Å²) in [4.78, 5) is 6.83. The fourth-order valence-corrected chi connectivity index (χ4v) is 4.68. The average Bonchev–Trinajstić information content (AvgIpc) is 3.21. The van der Waals surface area contributed by atoms with Gasteiger partial charge in [0, 0.05) is 31.2 Å². The molecule has 1 saturated carbocycles. The summed E-state index contributed by atoms with van der Waals surface area (Å²) in [6, 6.07) is 8.62. The normalized spacial score (nSPS) is 25.5. The molecule has 1 aliphatic carbocycles. The van der Waals surface area contributed by atoms with Gasteiger partial charge in [-0.3, -0.25) is 4.98 Å². The predicted octanol–water partition coefficient (Wildman–Crippen LogP) is 3.83. The van der Waals surface area contributed by atoms with Gasteiger partial charge in [0.25, 0.3) is 0 Å². The van der Waals surface area contributed by atoms with E-state index in [1.54, 1.807) is 24.3 Å². The van der Waals surface area contributed by atoms with Crippen LogP contribution < -0.4 is 9.47 Å². The minimum Gasteiger partial charge on any atom is -0.506 e. The highest BCUT2D eigenvalue weighted by Gasteiger charge is 2.42. The Morgan fingerprint density at radius 3 is 2.54 bits per heavy atom. The van der Waals surface area contributed by atoms with Gasteiger partial charge >= 0.3 is 0 Å². The fraction of sp³-hybridized carbons (Fsp3) is 0.500. The Morgan fingerprint density at radius 1 is 1.18 bits per heavy atom. The van der Waals surface area contributed by atoms with Gasteiger partial charge in [-0.15, -0.1) is 0 Å². The molecule has 0 bridgehead atoms. The van der Waals surface area contributed by atoms with E-state index < -0.39 is 5.82 Å². The Morgan fingerprint density at radius 2 is 1.89 bits per heavy atom. The number of pyridine rings is 1. The van der Waals surface area contributed by atoms with Gasteiger partial charge in [0.15, 0.2) is 11.5 Å². The molecule has 5 nitrogen and oxygen atoms in total. The molecular formula is C22H27FN2O3. The monoisotopic (exact) mass is 386 g/mol. The number of aromatic nitrogens is 1. The smallest absolute Gasteiger partial charge is 0.206 e. The van der Waals surface area contributed by atoms with E-state index >= 15 is 0 Å². The van der Waals surface area contributed by atoms with Crippen LogP contribution in [0.3, 0.4) is 0 Å². The van der Waals surface area contributed by atoms with Crippen molar-refractivity contribution in [2.45, 2.75) is 31.8 Å². The second kappa shape index (κ2) is 7.95. The van der Waals surface area contributed by atoms with Crippen molar-refractivity contribution in [2.24, 2.45) is 11.8 Å². The first-order valence-corrected chi connectivity index (χ1v) is 9.90. The van der Waals surface area contributed by atoms with Gasteiger partial charge in [0.1, 0.15) is 5.75 Å². The highest BCUT2D eigenvalue weighted by molar-refractivity contribution is 5.35. The Kier molecular flexibility index (Phi) is 5.40. The molecule has 2 aliphatic rings. The van der Waals surface area contributed by atoms with Crippen LogP contribution >= 0.6 is 0 Å². The molecule has 1 aromatic carbocycles. The van der Waals surface area contributed by atoms with Crippen molar-refractivity contribution in [3.8, 4) is 17.2 Å². The molecule has 4 atom stereocenters. The number of hydrogen-bond acceptors (Lipinski definition) is 5. The van der Waals surface area contributed by atoms with E-state index in [9.17, 15) is 9.50 Å². The molecule has 4 rings (SSSR count). The summed E-state index contributed by atoms with van der Waals surface area (Å²) in [5.41, 5.74) is 1.00. The van der Waals surface area contributed by atoms with Crippen LogP contribution in [0.4, 0.5) is 4.39 Å². The zero-order valence-corrected chi connectivity index (χ0v) is 16.3. The molecule has 0 amide bonds. The minimum absolute atomic E-state index is 0.0648. The van der Waals surface area contributed by atoms with Crippen molar-refractivity contribution in [1.82, 2.24) is 9.88 Å². The first-order valence-electron chi connectivity index (χ1n) is 9.90. The molecule has 1 aromatic heterocycles. The van der Waals surface area contributed by atoms with E-state index in [2.05, 4.69) is 16.8 Å². The van der Waals surface area contributed by atoms with E-state index in [1.165, 1.54) is 13.3 Å². The molecule has 28 heavy (non-hydrogen) atoms. The topological polar surface area (TPSA) is 54.8 Å². The molecule has 2 fully saturated rings. The van der Waals surface area contributed by atoms with Crippen LogP contribution in [0, 0.1) is 17.7 Å². The zero-order chi connectivity index (χ0) is 19.7. The molecule has 1 aliphatic heterocycles. The number of rotatable bonds is 6. The van der Waals surface area contributed by atoms with Crippen LogP contribution in [-0.2, 0) is 0 Å². The molecular weight excluding hydrogens is 359 g/mol. The summed E-state index contributed by atoms with van der Waals surface area (Å²) in [5, 5.41) is 9.39. The number of ether oxygens (including phenoxy) is 2. The lowest BCUT2D eigenvalue weighted by atomic mass is 10.0. The molecule has 0 spiro atoms. The molecule has 1 saturated heterocycles. The van der Waals surface area contributed by atoms with E-state index in [-0.39, 0.29) is 23.4 Å². The molecule has 2 unspecified atom stereocenters. The van der Waals surface area contributed by atoms with Crippen LogP contribution in [0.5, 0.6) is 17.2 Å². The lowest BCUT2D eigenvalue weighted by molar-refractivity contribution is 0.176. The summed E-state index contributed by atoms with van der Waals surface area (Å²) in [5.74, 6) is 1.80. The predicted molar refractivity (Wildman–Crippen MR) is 104 cm³/mol. The Balaban J connectivity index is 1.30. The first-order chi connectivity index (χ1) is 13.5. The highest BCUT2D eigenvalue weighted by atomic mass is 19.1. The molecule has 1 N–H and O–H groups in total. The molecule has 6 heteroatoms. The van der Waals surface area contributed by atoms with Crippen molar-refractivity contribution in [3.63, 3.8) is 0 Å². The van der Waals surface area contributed by atoms with E-state index in [4.69, 9.17) is 9.47 Å². The summed E-state index contributed by atoms with van der Waals surface area (Å²) in [7, 11) is 1.46. The van der Waals surface area contributed by atoms with Crippen molar-refractivity contribution in [3.05, 3.63) is 48.0 Å². The summed E-state index contributed by atoms with van der Waals surface area (Å²) in [6.45, 7) is 5.23. The number of aromatic hydroxyl groups is 1. The summed E-state index contributed by atoms with van der Waals surface area (Å²) >= 11 is 0. The first kappa shape index (κ1) is 19.0. The standard InChI is InChI=1S/C22H27FN2O3/c1-14(19-7-6-17(26)10-24-19)11-25-12-15-8-18(9-16(15)13-25)28-21-5-3-4-20(27-2)22(21)23/h3-7,10,14-16,18,26H,8-9,11-13H2,1-2H3/t14?,15-,16+,18?. The van der Waals surface area contributed by atoms with Gasteiger partial charge < -0.3 is 19.5 Å². The number of hydrogen-bond donors (Lipinski definition) is 1. The van der Waals surface area contributed by atoms with Gasteiger partial charge in [-0.25, -0.2) is 0 Å². The third-order valence-electron chi connectivity index (χ3n) is 6.03. The van der Waals surface area contributed by atoms with Gasteiger partial charge in [0.05, 0.1) is 19.4 Å². The number of benzene rings is 1.